The van der Waals surface area contributed by atoms with Crippen LogP contribution in [-0.2, 0) is 6.54 Å². The van der Waals surface area contributed by atoms with Crippen LogP contribution in [0.1, 0.15) is 35.1 Å². The molecule has 0 aliphatic heterocycles. The zero-order valence-corrected chi connectivity index (χ0v) is 14.9. The Hall–Kier alpha value is -1.08. The Balaban J connectivity index is 2.18. The first-order valence-electron chi connectivity index (χ1n) is 6.69. The number of halogens is 2. The lowest BCUT2D eigenvalue weighted by molar-refractivity contribution is 0.392. The summed E-state index contributed by atoms with van der Waals surface area (Å²) in [6, 6.07) is 6.24. The minimum absolute atomic E-state index is 0.157. The molecule has 0 radical (unpaired) electrons. The number of aromatic nitrogens is 3. The van der Waals surface area contributed by atoms with Crippen molar-refractivity contribution in [3.63, 3.8) is 0 Å². The molecule has 21 heavy (non-hydrogen) atoms. The number of fused-ring (bicyclic) bond motifs is 1. The lowest BCUT2D eigenvalue weighted by Gasteiger charge is -2.10. The fraction of sp³-hybridized carbons (Fsp3) is 0.333. The number of hydrogen-bond donors (Lipinski definition) is 0. The van der Waals surface area contributed by atoms with Gasteiger partial charge in [-0.2, -0.15) is 0 Å². The highest BCUT2D eigenvalue weighted by molar-refractivity contribution is 14.1. The minimum atomic E-state index is -0.157. The van der Waals surface area contributed by atoms with Crippen molar-refractivity contribution in [2.75, 3.05) is 0 Å². The van der Waals surface area contributed by atoms with Gasteiger partial charge in [0.15, 0.2) is 0 Å². The summed E-state index contributed by atoms with van der Waals surface area (Å²) in [6.07, 6.45) is 0. The highest BCUT2D eigenvalue weighted by Crippen LogP contribution is 2.27. The molecule has 0 amide bonds. The van der Waals surface area contributed by atoms with Crippen molar-refractivity contribution < 1.29 is 4.52 Å². The van der Waals surface area contributed by atoms with Gasteiger partial charge < -0.3 is 9.09 Å². The van der Waals surface area contributed by atoms with Crippen LogP contribution < -0.4 is 0 Å². The topological polar surface area (TPSA) is 43.9 Å². The van der Waals surface area contributed by atoms with Crippen LogP contribution in [0.3, 0.4) is 0 Å². The predicted molar refractivity (Wildman–Crippen MR) is 91.8 cm³/mol. The third kappa shape index (κ3) is 2.68. The second-order valence-corrected chi connectivity index (χ2v) is 7.01. The smallest absolute Gasteiger partial charge is 0.138 e. The van der Waals surface area contributed by atoms with E-state index in [1.807, 2.05) is 20.8 Å². The molecule has 0 aliphatic rings. The average molecular weight is 416 g/mol. The number of benzene rings is 1. The molecular formula is C15H15ClIN3O. The van der Waals surface area contributed by atoms with Gasteiger partial charge in [-0.1, -0.05) is 5.16 Å². The SMILES string of the molecule is Cc1noc(C)c1Cn1c(C(C)Cl)nc2cc(I)ccc21. The standard InChI is InChI=1S/C15H15ClIN3O/c1-8(16)15-18-13-6-11(17)4-5-14(13)20(15)7-12-9(2)19-21-10(12)3/h4-6,8H,7H2,1-3H3. The minimum Gasteiger partial charge on any atom is -0.361 e. The maximum atomic E-state index is 6.32. The summed E-state index contributed by atoms with van der Waals surface area (Å²) in [6.45, 7) is 6.50. The molecule has 0 N–H and O–H groups in total. The molecule has 0 saturated carbocycles. The van der Waals surface area contributed by atoms with Gasteiger partial charge in [0.1, 0.15) is 11.6 Å². The van der Waals surface area contributed by atoms with Crippen LogP contribution in [0.2, 0.25) is 0 Å². The Bertz CT molecular complexity index is 787. The van der Waals surface area contributed by atoms with Crippen LogP contribution >= 0.6 is 34.2 Å². The maximum Gasteiger partial charge on any atom is 0.138 e. The van der Waals surface area contributed by atoms with Gasteiger partial charge in [-0.15, -0.1) is 11.6 Å². The van der Waals surface area contributed by atoms with Gasteiger partial charge in [0, 0.05) is 9.13 Å². The number of hydrogen-bond acceptors (Lipinski definition) is 3. The van der Waals surface area contributed by atoms with E-state index in [2.05, 4.69) is 55.5 Å². The Morgan fingerprint density at radius 3 is 2.76 bits per heavy atom. The Kier molecular flexibility index (Phi) is 3.96. The first kappa shape index (κ1) is 14.8. The van der Waals surface area contributed by atoms with Crippen LogP contribution in [0.5, 0.6) is 0 Å². The van der Waals surface area contributed by atoms with Crippen molar-refractivity contribution in [2.24, 2.45) is 0 Å². The lowest BCUT2D eigenvalue weighted by atomic mass is 10.2. The van der Waals surface area contributed by atoms with E-state index in [9.17, 15) is 0 Å². The Morgan fingerprint density at radius 2 is 2.14 bits per heavy atom. The summed E-state index contributed by atoms with van der Waals surface area (Å²) >= 11 is 8.61. The van der Waals surface area contributed by atoms with E-state index in [0.29, 0.717) is 6.54 Å². The summed E-state index contributed by atoms with van der Waals surface area (Å²) in [5, 5.41) is 3.87. The molecule has 1 aromatic carbocycles. The first-order chi connectivity index (χ1) is 9.97. The molecular weight excluding hydrogens is 401 g/mol. The van der Waals surface area contributed by atoms with E-state index in [0.717, 1.165) is 37.4 Å². The molecule has 4 nitrogen and oxygen atoms in total. The summed E-state index contributed by atoms with van der Waals surface area (Å²) in [7, 11) is 0. The van der Waals surface area contributed by atoms with Crippen molar-refractivity contribution in [3.05, 3.63) is 44.6 Å². The van der Waals surface area contributed by atoms with E-state index < -0.39 is 0 Å². The fourth-order valence-electron chi connectivity index (χ4n) is 2.48. The van der Waals surface area contributed by atoms with Crippen LogP contribution in [0.25, 0.3) is 11.0 Å². The monoisotopic (exact) mass is 415 g/mol. The number of imidazole rings is 1. The number of aryl methyl sites for hydroxylation is 2. The molecule has 2 aromatic heterocycles. The summed E-state index contributed by atoms with van der Waals surface area (Å²) in [5.41, 5.74) is 4.05. The third-order valence-corrected chi connectivity index (χ3v) is 4.46. The number of rotatable bonds is 3. The molecule has 0 aliphatic carbocycles. The molecule has 6 heteroatoms. The van der Waals surface area contributed by atoms with Crippen molar-refractivity contribution >= 4 is 45.2 Å². The number of nitrogens with zero attached hydrogens (tertiary/aromatic N) is 3. The Morgan fingerprint density at radius 1 is 1.38 bits per heavy atom. The van der Waals surface area contributed by atoms with E-state index in [1.165, 1.54) is 0 Å². The van der Waals surface area contributed by atoms with Crippen molar-refractivity contribution in [1.82, 2.24) is 14.7 Å². The predicted octanol–water partition coefficient (Wildman–Crippen LogP) is 4.59. The second-order valence-electron chi connectivity index (χ2n) is 5.11. The van der Waals surface area contributed by atoms with Gasteiger partial charge in [-0.05, 0) is 61.6 Å². The molecule has 0 spiro atoms. The second kappa shape index (κ2) is 5.61. The molecule has 2 heterocycles. The molecule has 110 valence electrons. The van der Waals surface area contributed by atoms with Gasteiger partial charge >= 0.3 is 0 Å². The van der Waals surface area contributed by atoms with Gasteiger partial charge in [-0.25, -0.2) is 4.98 Å². The summed E-state index contributed by atoms with van der Waals surface area (Å²) < 4.78 is 8.57. The Labute approximate surface area is 141 Å². The molecule has 1 atom stereocenters. The lowest BCUT2D eigenvalue weighted by Crippen LogP contribution is -2.07. The van der Waals surface area contributed by atoms with E-state index in [4.69, 9.17) is 16.1 Å². The largest absolute Gasteiger partial charge is 0.361 e. The molecule has 1 unspecified atom stereocenters. The van der Waals surface area contributed by atoms with Crippen LogP contribution in [0.15, 0.2) is 22.7 Å². The van der Waals surface area contributed by atoms with E-state index in [1.54, 1.807) is 0 Å². The van der Waals surface area contributed by atoms with Gasteiger partial charge in [0.05, 0.1) is 28.6 Å². The molecule has 3 aromatic rings. The third-order valence-electron chi connectivity index (χ3n) is 3.59. The zero-order chi connectivity index (χ0) is 15.1. The van der Waals surface area contributed by atoms with Crippen molar-refractivity contribution in [3.8, 4) is 0 Å². The van der Waals surface area contributed by atoms with Crippen molar-refractivity contribution in [1.29, 1.82) is 0 Å². The maximum absolute atomic E-state index is 6.32. The quantitative estimate of drug-likeness (QED) is 0.464. The van der Waals surface area contributed by atoms with Crippen LogP contribution in [0.4, 0.5) is 0 Å². The average Bonchev–Trinajstić information content (AvgIpc) is 2.94. The highest BCUT2D eigenvalue weighted by atomic mass is 127. The van der Waals surface area contributed by atoms with Gasteiger partial charge in [0.2, 0.25) is 0 Å². The molecule has 0 fully saturated rings. The highest BCUT2D eigenvalue weighted by Gasteiger charge is 2.18. The first-order valence-corrected chi connectivity index (χ1v) is 8.20. The molecule has 0 saturated heterocycles. The molecule has 3 rings (SSSR count). The van der Waals surface area contributed by atoms with Gasteiger partial charge in [-0.3, -0.25) is 0 Å². The summed E-state index contributed by atoms with van der Waals surface area (Å²) in [4.78, 5) is 4.69. The number of alkyl halides is 1. The van der Waals surface area contributed by atoms with Crippen molar-refractivity contribution in [2.45, 2.75) is 32.7 Å². The van der Waals surface area contributed by atoms with Crippen LogP contribution in [-0.4, -0.2) is 14.7 Å². The zero-order valence-electron chi connectivity index (χ0n) is 12.0. The van der Waals surface area contributed by atoms with E-state index >= 15 is 0 Å². The van der Waals surface area contributed by atoms with E-state index in [-0.39, 0.29) is 5.38 Å². The van der Waals surface area contributed by atoms with Crippen LogP contribution in [0, 0.1) is 17.4 Å². The fourth-order valence-corrected chi connectivity index (χ4v) is 3.12. The normalized spacial score (nSPS) is 13.0. The summed E-state index contributed by atoms with van der Waals surface area (Å²) in [5.74, 6) is 1.71. The van der Waals surface area contributed by atoms with Gasteiger partial charge in [0.25, 0.3) is 0 Å². The molecule has 0 bridgehead atoms.